The molecule has 2 aromatic carbocycles. The fraction of sp³-hybridized carbons (Fsp3) is 0.333. The van der Waals surface area contributed by atoms with Crippen molar-refractivity contribution in [3.63, 3.8) is 0 Å². The first-order chi connectivity index (χ1) is 13.1. The van der Waals surface area contributed by atoms with Crippen LogP contribution in [0.5, 0.6) is 0 Å². The Morgan fingerprint density at radius 2 is 1.96 bits per heavy atom. The van der Waals surface area contributed by atoms with Crippen molar-refractivity contribution in [2.24, 2.45) is 0 Å². The molecule has 1 fully saturated rings. The summed E-state index contributed by atoms with van der Waals surface area (Å²) in [7, 11) is 0. The van der Waals surface area contributed by atoms with E-state index >= 15 is 0 Å². The summed E-state index contributed by atoms with van der Waals surface area (Å²) >= 11 is 0. The Labute approximate surface area is 156 Å². The molecule has 4 nitrogen and oxygen atoms in total. The third-order valence-electron chi connectivity index (χ3n) is 5.32. The molecule has 0 N–H and O–H groups in total. The molecule has 1 aliphatic rings. The zero-order valence-electron chi connectivity index (χ0n) is 14.9. The van der Waals surface area contributed by atoms with Gasteiger partial charge in [-0.2, -0.15) is 0 Å². The lowest BCUT2D eigenvalue weighted by Crippen LogP contribution is -2.36. The second-order valence-electron chi connectivity index (χ2n) is 7.03. The van der Waals surface area contributed by atoms with Crippen LogP contribution in [0, 0.1) is 11.6 Å². The highest BCUT2D eigenvalue weighted by atomic mass is 19.1. The molecule has 27 heavy (non-hydrogen) atoms. The summed E-state index contributed by atoms with van der Waals surface area (Å²) in [5, 5.41) is 0.611. The molecule has 1 aliphatic heterocycles. The van der Waals surface area contributed by atoms with Gasteiger partial charge in [-0.15, -0.1) is 0 Å². The number of hydrogen-bond acceptors (Lipinski definition) is 3. The summed E-state index contributed by atoms with van der Waals surface area (Å²) in [5.74, 6) is -0.775. The normalized spacial score (nSPS) is 17.6. The standard InChI is InChI=1S/C21H21F2N3O/c22-16-7-8-19(23)15(12-16)13-17-4-3-9-25(17)10-11-26-14-24-20-6-2-1-5-18(20)21(26)27/h1-2,5-8,12,14,17H,3-4,9-11,13H2. The minimum absolute atomic E-state index is 0.0486. The molecule has 6 heteroatoms. The first kappa shape index (κ1) is 17.8. The van der Waals surface area contributed by atoms with E-state index in [0.717, 1.165) is 25.5 Å². The van der Waals surface area contributed by atoms with Crippen molar-refractivity contribution in [1.29, 1.82) is 0 Å². The number of halogens is 2. The highest BCUT2D eigenvalue weighted by Gasteiger charge is 2.25. The molecule has 3 aromatic rings. The van der Waals surface area contributed by atoms with Crippen LogP contribution in [0.2, 0.25) is 0 Å². The fourth-order valence-corrected chi connectivity index (χ4v) is 3.88. The van der Waals surface area contributed by atoms with Gasteiger partial charge in [-0.1, -0.05) is 12.1 Å². The molecule has 0 amide bonds. The predicted molar refractivity (Wildman–Crippen MR) is 101 cm³/mol. The average molecular weight is 369 g/mol. The van der Waals surface area contributed by atoms with Crippen molar-refractivity contribution in [2.75, 3.05) is 13.1 Å². The summed E-state index contributed by atoms with van der Waals surface area (Å²) in [6, 6.07) is 11.1. The number of benzene rings is 2. The smallest absolute Gasteiger partial charge is 0.261 e. The second-order valence-corrected chi connectivity index (χ2v) is 7.03. The zero-order chi connectivity index (χ0) is 18.8. The minimum atomic E-state index is -0.412. The maximum absolute atomic E-state index is 14.0. The lowest BCUT2D eigenvalue weighted by molar-refractivity contribution is 0.240. The highest BCUT2D eigenvalue weighted by Crippen LogP contribution is 2.22. The van der Waals surface area contributed by atoms with E-state index in [1.807, 2.05) is 18.2 Å². The number of likely N-dealkylation sites (tertiary alicyclic amines) is 1. The van der Waals surface area contributed by atoms with Crippen molar-refractivity contribution in [2.45, 2.75) is 31.8 Å². The molecule has 1 saturated heterocycles. The maximum Gasteiger partial charge on any atom is 0.261 e. The SMILES string of the molecule is O=c1c2ccccc2ncn1CCN1CCCC1Cc1cc(F)ccc1F. The molecule has 0 aliphatic carbocycles. The van der Waals surface area contributed by atoms with E-state index in [9.17, 15) is 13.6 Å². The molecule has 1 aromatic heterocycles. The molecule has 4 rings (SSSR count). The van der Waals surface area contributed by atoms with E-state index in [0.29, 0.717) is 36.0 Å². The average Bonchev–Trinajstić information content (AvgIpc) is 3.11. The van der Waals surface area contributed by atoms with Gasteiger partial charge in [-0.3, -0.25) is 14.3 Å². The van der Waals surface area contributed by atoms with Crippen LogP contribution < -0.4 is 5.56 Å². The number of rotatable bonds is 5. The molecule has 1 atom stereocenters. The number of aromatic nitrogens is 2. The van der Waals surface area contributed by atoms with E-state index in [4.69, 9.17) is 0 Å². The van der Waals surface area contributed by atoms with E-state index in [1.54, 1.807) is 17.0 Å². The van der Waals surface area contributed by atoms with Gasteiger partial charge in [0.05, 0.1) is 17.2 Å². The summed E-state index contributed by atoms with van der Waals surface area (Å²) in [4.78, 5) is 19.2. The van der Waals surface area contributed by atoms with Crippen LogP contribution in [0.25, 0.3) is 10.9 Å². The van der Waals surface area contributed by atoms with Gasteiger partial charge in [0.1, 0.15) is 11.6 Å². The summed E-state index contributed by atoms with van der Waals surface area (Å²) in [6.07, 6.45) is 4.03. The quantitative estimate of drug-likeness (QED) is 0.692. The maximum atomic E-state index is 14.0. The zero-order valence-corrected chi connectivity index (χ0v) is 14.9. The summed E-state index contributed by atoms with van der Waals surface area (Å²) in [5.41, 5.74) is 1.06. The molecule has 0 spiro atoms. The van der Waals surface area contributed by atoms with E-state index in [1.165, 1.54) is 12.1 Å². The first-order valence-corrected chi connectivity index (χ1v) is 9.24. The Kier molecular flexibility index (Phi) is 4.99. The van der Waals surface area contributed by atoms with Crippen LogP contribution >= 0.6 is 0 Å². The number of fused-ring (bicyclic) bond motifs is 1. The Bertz CT molecular complexity index is 1020. The van der Waals surface area contributed by atoms with Crippen LogP contribution in [0.4, 0.5) is 8.78 Å². The number of nitrogens with zero attached hydrogens (tertiary/aromatic N) is 3. The third kappa shape index (κ3) is 3.76. The predicted octanol–water partition coefficient (Wildman–Crippen LogP) is 3.38. The van der Waals surface area contributed by atoms with Crippen LogP contribution in [-0.4, -0.2) is 33.6 Å². The van der Waals surface area contributed by atoms with Gasteiger partial charge in [0.15, 0.2) is 0 Å². The molecular weight excluding hydrogens is 348 g/mol. The topological polar surface area (TPSA) is 38.1 Å². The fourth-order valence-electron chi connectivity index (χ4n) is 3.88. The molecule has 140 valence electrons. The van der Waals surface area contributed by atoms with E-state index in [2.05, 4.69) is 9.88 Å². The van der Waals surface area contributed by atoms with Gasteiger partial charge in [-0.05, 0) is 61.7 Å². The second kappa shape index (κ2) is 7.56. The van der Waals surface area contributed by atoms with E-state index in [-0.39, 0.29) is 17.4 Å². The number of hydrogen-bond donors (Lipinski definition) is 0. The molecular formula is C21H21F2N3O. The Morgan fingerprint density at radius 3 is 2.85 bits per heavy atom. The van der Waals surface area contributed by atoms with Crippen molar-refractivity contribution < 1.29 is 8.78 Å². The van der Waals surface area contributed by atoms with Crippen molar-refractivity contribution in [3.8, 4) is 0 Å². The molecule has 0 saturated carbocycles. The van der Waals surface area contributed by atoms with Gasteiger partial charge < -0.3 is 0 Å². The van der Waals surface area contributed by atoms with Gasteiger partial charge in [0.25, 0.3) is 5.56 Å². The van der Waals surface area contributed by atoms with Crippen molar-refractivity contribution in [3.05, 3.63) is 76.3 Å². The largest absolute Gasteiger partial charge is 0.298 e. The Hall–Kier alpha value is -2.60. The van der Waals surface area contributed by atoms with Gasteiger partial charge >= 0.3 is 0 Å². The Balaban J connectivity index is 1.47. The van der Waals surface area contributed by atoms with Gasteiger partial charge in [0, 0.05) is 19.1 Å². The van der Waals surface area contributed by atoms with Crippen LogP contribution in [0.15, 0.2) is 53.6 Å². The Morgan fingerprint density at radius 1 is 1.11 bits per heavy atom. The highest BCUT2D eigenvalue weighted by molar-refractivity contribution is 5.76. The molecule has 0 bridgehead atoms. The molecule has 0 radical (unpaired) electrons. The van der Waals surface area contributed by atoms with E-state index < -0.39 is 5.82 Å². The lowest BCUT2D eigenvalue weighted by Gasteiger charge is -2.25. The van der Waals surface area contributed by atoms with Crippen LogP contribution in [0.1, 0.15) is 18.4 Å². The summed E-state index contributed by atoms with van der Waals surface area (Å²) in [6.45, 7) is 2.11. The van der Waals surface area contributed by atoms with Crippen LogP contribution in [-0.2, 0) is 13.0 Å². The summed E-state index contributed by atoms with van der Waals surface area (Å²) < 4.78 is 29.0. The van der Waals surface area contributed by atoms with Crippen molar-refractivity contribution in [1.82, 2.24) is 14.5 Å². The lowest BCUT2D eigenvalue weighted by atomic mass is 10.0. The molecule has 2 heterocycles. The first-order valence-electron chi connectivity index (χ1n) is 9.24. The van der Waals surface area contributed by atoms with Crippen LogP contribution in [0.3, 0.4) is 0 Å². The monoisotopic (exact) mass is 369 g/mol. The van der Waals surface area contributed by atoms with Gasteiger partial charge in [-0.25, -0.2) is 13.8 Å². The number of para-hydroxylation sites is 1. The third-order valence-corrected chi connectivity index (χ3v) is 5.32. The van der Waals surface area contributed by atoms with Crippen molar-refractivity contribution >= 4 is 10.9 Å². The van der Waals surface area contributed by atoms with Gasteiger partial charge in [0.2, 0.25) is 0 Å². The minimum Gasteiger partial charge on any atom is -0.298 e. The molecule has 1 unspecified atom stereocenters.